The minimum absolute atomic E-state index is 0.0989. The number of nitrogens with two attached hydrogens (primary N) is 1. The number of nitrogens with one attached hydrogen (secondary N) is 2. The highest BCUT2D eigenvalue weighted by Crippen LogP contribution is 2.19. The van der Waals surface area contributed by atoms with Crippen LogP contribution in [-0.2, 0) is 17.6 Å². The summed E-state index contributed by atoms with van der Waals surface area (Å²) in [4.78, 5) is 22.5. The van der Waals surface area contributed by atoms with Gasteiger partial charge in [-0.05, 0) is 30.5 Å². The molecule has 1 aromatic carbocycles. The highest BCUT2D eigenvalue weighted by atomic mass is 32.1. The van der Waals surface area contributed by atoms with Crippen LogP contribution in [0.15, 0.2) is 23.6 Å². The fourth-order valence-corrected chi connectivity index (χ4v) is 2.93. The monoisotopic (exact) mass is 301 g/mol. The Morgan fingerprint density at radius 1 is 1.38 bits per heavy atom. The van der Waals surface area contributed by atoms with Crippen molar-refractivity contribution in [2.75, 3.05) is 11.1 Å². The van der Waals surface area contributed by atoms with Crippen LogP contribution in [0.25, 0.3) is 11.0 Å². The fraction of sp³-hybridized carbons (Fsp3) is 0.214. The van der Waals surface area contributed by atoms with E-state index in [1.54, 1.807) is 0 Å². The van der Waals surface area contributed by atoms with Gasteiger partial charge in [0.1, 0.15) is 0 Å². The number of anilines is 2. The number of thiazole rings is 1. The number of fused-ring (bicyclic) bond motifs is 1. The highest BCUT2D eigenvalue weighted by Gasteiger charge is 2.05. The molecular weight excluding hydrogens is 286 g/mol. The first-order valence-electron chi connectivity index (χ1n) is 6.56. The molecule has 0 aliphatic carbocycles. The number of benzene rings is 1. The van der Waals surface area contributed by atoms with Crippen LogP contribution >= 0.6 is 11.3 Å². The van der Waals surface area contributed by atoms with Crippen molar-refractivity contribution in [3.05, 3.63) is 34.8 Å². The summed E-state index contributed by atoms with van der Waals surface area (Å²) in [7, 11) is 0. The molecule has 6 nitrogen and oxygen atoms in total. The lowest BCUT2D eigenvalue weighted by Gasteiger charge is -1.99. The van der Waals surface area contributed by atoms with Gasteiger partial charge in [0.2, 0.25) is 5.91 Å². The van der Waals surface area contributed by atoms with Crippen molar-refractivity contribution in [2.24, 2.45) is 0 Å². The number of amides is 1. The zero-order valence-electron chi connectivity index (χ0n) is 11.5. The Morgan fingerprint density at radius 2 is 2.24 bits per heavy atom. The van der Waals surface area contributed by atoms with E-state index in [1.807, 2.05) is 17.5 Å². The summed E-state index contributed by atoms with van der Waals surface area (Å²) >= 11 is 1.44. The van der Waals surface area contributed by atoms with E-state index < -0.39 is 0 Å². The molecule has 21 heavy (non-hydrogen) atoms. The number of aromatic amines is 1. The second kappa shape index (κ2) is 5.53. The Morgan fingerprint density at radius 3 is 3.05 bits per heavy atom. The summed E-state index contributed by atoms with van der Waals surface area (Å²) in [6.45, 7) is 1.48. The third kappa shape index (κ3) is 3.19. The molecule has 3 rings (SSSR count). The number of nitrogens with zero attached hydrogens (tertiary/aromatic N) is 2. The Labute approximate surface area is 125 Å². The van der Waals surface area contributed by atoms with Crippen LogP contribution in [0.2, 0.25) is 0 Å². The van der Waals surface area contributed by atoms with Gasteiger partial charge in [0.15, 0.2) is 11.1 Å². The lowest BCUT2D eigenvalue weighted by molar-refractivity contribution is -0.114. The zero-order valence-corrected chi connectivity index (χ0v) is 12.3. The van der Waals surface area contributed by atoms with Gasteiger partial charge in [-0.25, -0.2) is 9.97 Å². The Kier molecular flexibility index (Phi) is 3.57. The molecule has 0 spiro atoms. The summed E-state index contributed by atoms with van der Waals surface area (Å²) in [5, 5.41) is 5.31. The molecule has 2 aromatic heterocycles. The second-order valence-corrected chi connectivity index (χ2v) is 5.66. The minimum atomic E-state index is -0.0989. The van der Waals surface area contributed by atoms with E-state index in [0.29, 0.717) is 11.1 Å². The smallest absolute Gasteiger partial charge is 0.223 e. The van der Waals surface area contributed by atoms with Gasteiger partial charge in [0, 0.05) is 12.3 Å². The molecule has 4 N–H and O–H groups in total. The summed E-state index contributed by atoms with van der Waals surface area (Å²) in [5.74, 6) is 0.333. The topological polar surface area (TPSA) is 96.7 Å². The summed E-state index contributed by atoms with van der Waals surface area (Å²) in [6, 6.07) is 6.06. The maximum Gasteiger partial charge on any atom is 0.223 e. The van der Waals surface area contributed by atoms with Crippen LogP contribution in [0.4, 0.5) is 11.1 Å². The predicted molar refractivity (Wildman–Crippen MR) is 84.3 cm³/mol. The number of carbonyl (C=O) groups is 1. The SMILES string of the molecule is CC(=O)Nc1nc(CCc2ccc3nc(N)[nH]c3c2)cs1. The first-order valence-corrected chi connectivity index (χ1v) is 7.44. The van der Waals surface area contributed by atoms with Crippen LogP contribution in [0.3, 0.4) is 0 Å². The molecule has 0 aliphatic heterocycles. The standard InChI is InChI=1S/C14H15N5OS/c1-8(20)16-14-17-10(7-21-14)4-2-9-3-5-11-12(6-9)19-13(15)18-11/h3,5-7H,2,4H2,1H3,(H3,15,18,19)(H,16,17,20). The molecule has 7 heteroatoms. The van der Waals surface area contributed by atoms with Gasteiger partial charge < -0.3 is 16.0 Å². The lowest BCUT2D eigenvalue weighted by atomic mass is 10.1. The fourth-order valence-electron chi connectivity index (χ4n) is 2.13. The molecule has 108 valence electrons. The van der Waals surface area contributed by atoms with Crippen LogP contribution in [0, 0.1) is 0 Å². The number of rotatable bonds is 4. The number of hydrogen-bond acceptors (Lipinski definition) is 5. The van der Waals surface area contributed by atoms with Gasteiger partial charge in [0.05, 0.1) is 16.7 Å². The zero-order chi connectivity index (χ0) is 14.8. The molecule has 0 radical (unpaired) electrons. The first-order chi connectivity index (χ1) is 10.1. The van der Waals surface area contributed by atoms with Crippen molar-refractivity contribution in [1.82, 2.24) is 15.0 Å². The molecular formula is C14H15N5OS. The largest absolute Gasteiger partial charge is 0.369 e. The van der Waals surface area contributed by atoms with Gasteiger partial charge >= 0.3 is 0 Å². The van der Waals surface area contributed by atoms with Crippen molar-refractivity contribution in [1.29, 1.82) is 0 Å². The number of hydrogen-bond donors (Lipinski definition) is 3. The number of nitrogen functional groups attached to an aromatic ring is 1. The Bertz CT molecular complexity index is 792. The van der Waals surface area contributed by atoms with Gasteiger partial charge in [0.25, 0.3) is 0 Å². The number of H-pyrrole nitrogens is 1. The minimum Gasteiger partial charge on any atom is -0.369 e. The number of aromatic nitrogens is 3. The Hall–Kier alpha value is -2.41. The number of carbonyl (C=O) groups excluding carboxylic acids is 1. The van der Waals surface area contributed by atoms with Gasteiger partial charge in [-0.15, -0.1) is 11.3 Å². The van der Waals surface area contributed by atoms with E-state index in [1.165, 1.54) is 23.8 Å². The lowest BCUT2D eigenvalue weighted by Crippen LogP contribution is -2.05. The molecule has 0 saturated carbocycles. The summed E-state index contributed by atoms with van der Waals surface area (Å²) < 4.78 is 0. The molecule has 2 heterocycles. The molecule has 0 atom stereocenters. The van der Waals surface area contributed by atoms with Gasteiger partial charge in [-0.3, -0.25) is 4.79 Å². The van der Waals surface area contributed by atoms with Crippen molar-refractivity contribution in [3.63, 3.8) is 0 Å². The molecule has 1 amide bonds. The Balaban J connectivity index is 1.68. The normalized spacial score (nSPS) is 10.9. The van der Waals surface area contributed by atoms with Crippen molar-refractivity contribution in [3.8, 4) is 0 Å². The second-order valence-electron chi connectivity index (χ2n) is 4.80. The van der Waals surface area contributed by atoms with E-state index in [2.05, 4.69) is 26.3 Å². The molecule has 0 saturated heterocycles. The third-order valence-corrected chi connectivity index (χ3v) is 3.88. The number of imidazole rings is 1. The summed E-state index contributed by atoms with van der Waals surface area (Å²) in [5.41, 5.74) is 9.63. The van der Waals surface area contributed by atoms with Crippen molar-refractivity contribution < 1.29 is 4.79 Å². The van der Waals surface area contributed by atoms with E-state index in [9.17, 15) is 4.79 Å². The van der Waals surface area contributed by atoms with Crippen molar-refractivity contribution in [2.45, 2.75) is 19.8 Å². The molecule has 0 fully saturated rings. The quantitative estimate of drug-likeness (QED) is 0.689. The van der Waals surface area contributed by atoms with Crippen LogP contribution in [0.5, 0.6) is 0 Å². The average Bonchev–Trinajstić information content (AvgIpc) is 3.00. The van der Waals surface area contributed by atoms with E-state index in [-0.39, 0.29) is 5.91 Å². The van der Waals surface area contributed by atoms with Crippen molar-refractivity contribution >= 4 is 39.4 Å². The molecule has 3 aromatic rings. The van der Waals surface area contributed by atoms with E-state index in [4.69, 9.17) is 5.73 Å². The summed E-state index contributed by atoms with van der Waals surface area (Å²) in [6.07, 6.45) is 1.70. The maximum atomic E-state index is 11.0. The van der Waals surface area contributed by atoms with E-state index >= 15 is 0 Å². The van der Waals surface area contributed by atoms with Gasteiger partial charge in [-0.1, -0.05) is 6.07 Å². The molecule has 0 aliphatic rings. The van der Waals surface area contributed by atoms with Gasteiger partial charge in [-0.2, -0.15) is 0 Å². The third-order valence-electron chi connectivity index (χ3n) is 3.07. The van der Waals surface area contributed by atoms with Crippen LogP contribution in [0.1, 0.15) is 18.2 Å². The average molecular weight is 301 g/mol. The molecule has 0 bridgehead atoms. The van der Waals surface area contributed by atoms with E-state index in [0.717, 1.165) is 29.6 Å². The van der Waals surface area contributed by atoms with Crippen LogP contribution < -0.4 is 11.1 Å². The van der Waals surface area contributed by atoms with Crippen LogP contribution in [-0.4, -0.2) is 20.9 Å². The maximum absolute atomic E-state index is 11.0. The molecule has 0 unspecified atom stereocenters. The number of aryl methyl sites for hydroxylation is 2. The first kappa shape index (κ1) is 13.6. The predicted octanol–water partition coefficient (Wildman–Crippen LogP) is 2.35. The highest BCUT2D eigenvalue weighted by molar-refractivity contribution is 7.13.